The second-order valence-electron chi connectivity index (χ2n) is 7.25. The quantitative estimate of drug-likeness (QED) is 0.385. The molecule has 0 spiro atoms. The molecule has 0 unspecified atom stereocenters. The van der Waals surface area contributed by atoms with Crippen molar-refractivity contribution in [2.45, 2.75) is 19.4 Å². The first-order chi connectivity index (χ1) is 15.5. The summed E-state index contributed by atoms with van der Waals surface area (Å²) in [5.74, 6) is -0.269. The number of thiazole rings is 1. The molecule has 3 heterocycles. The summed E-state index contributed by atoms with van der Waals surface area (Å²) in [4.78, 5) is 45.1. The molecule has 0 radical (unpaired) electrons. The van der Waals surface area contributed by atoms with Gasteiger partial charge in [0.25, 0.3) is 5.91 Å². The summed E-state index contributed by atoms with van der Waals surface area (Å²) in [7, 11) is 0. The summed E-state index contributed by atoms with van der Waals surface area (Å²) in [5, 5.41) is 1.08. The standard InChI is InChI=1S/C23H16ClN3O4S/c24-15-6-7-18-19(12-15)32-23(25-18)26(13-17-5-2-10-31-17)22(30)14-3-1-4-16(11-14)27-20(28)8-9-21(27)29/h1-7,10-12H,8-9,13H2. The molecule has 0 atom stereocenters. The summed E-state index contributed by atoms with van der Waals surface area (Å²) >= 11 is 7.45. The van der Waals surface area contributed by atoms with Gasteiger partial charge >= 0.3 is 0 Å². The second-order valence-corrected chi connectivity index (χ2v) is 8.70. The smallest absolute Gasteiger partial charge is 0.260 e. The van der Waals surface area contributed by atoms with E-state index in [4.69, 9.17) is 16.0 Å². The molecule has 1 aliphatic heterocycles. The van der Waals surface area contributed by atoms with E-state index in [1.54, 1.807) is 60.9 Å². The van der Waals surface area contributed by atoms with Crippen LogP contribution in [0.15, 0.2) is 65.3 Å². The molecule has 32 heavy (non-hydrogen) atoms. The van der Waals surface area contributed by atoms with Gasteiger partial charge in [-0.3, -0.25) is 24.2 Å². The number of halogens is 1. The van der Waals surface area contributed by atoms with Gasteiger partial charge in [-0.25, -0.2) is 4.98 Å². The average molecular weight is 466 g/mol. The van der Waals surface area contributed by atoms with Crippen LogP contribution >= 0.6 is 22.9 Å². The topological polar surface area (TPSA) is 83.7 Å². The van der Waals surface area contributed by atoms with Gasteiger partial charge in [-0.2, -0.15) is 0 Å². The van der Waals surface area contributed by atoms with Crippen molar-refractivity contribution in [2.75, 3.05) is 9.80 Å². The molecule has 3 amide bonds. The van der Waals surface area contributed by atoms with Crippen LogP contribution in [0.3, 0.4) is 0 Å². The number of carbonyl (C=O) groups is 3. The zero-order valence-electron chi connectivity index (χ0n) is 16.7. The summed E-state index contributed by atoms with van der Waals surface area (Å²) in [6.07, 6.45) is 1.90. The van der Waals surface area contributed by atoms with Crippen LogP contribution in [0.5, 0.6) is 0 Å². The lowest BCUT2D eigenvalue weighted by Gasteiger charge is -2.20. The number of aromatic nitrogens is 1. The fourth-order valence-electron chi connectivity index (χ4n) is 3.58. The Kier molecular flexibility index (Phi) is 5.24. The van der Waals surface area contributed by atoms with Gasteiger partial charge in [-0.05, 0) is 48.5 Å². The van der Waals surface area contributed by atoms with Gasteiger partial charge in [-0.1, -0.05) is 29.0 Å². The first-order valence-electron chi connectivity index (χ1n) is 9.86. The van der Waals surface area contributed by atoms with Crippen LogP contribution in [0.1, 0.15) is 29.0 Å². The van der Waals surface area contributed by atoms with E-state index in [0.717, 1.165) is 15.1 Å². The maximum Gasteiger partial charge on any atom is 0.260 e. The first kappa shape index (κ1) is 20.4. The molecule has 0 aliphatic carbocycles. The number of benzene rings is 2. The molecule has 9 heteroatoms. The van der Waals surface area contributed by atoms with Crippen molar-refractivity contribution < 1.29 is 18.8 Å². The van der Waals surface area contributed by atoms with Crippen LogP contribution in [0, 0.1) is 0 Å². The van der Waals surface area contributed by atoms with E-state index in [0.29, 0.717) is 27.2 Å². The molecular formula is C23H16ClN3O4S. The van der Waals surface area contributed by atoms with Crippen LogP contribution in [0.4, 0.5) is 10.8 Å². The molecule has 1 saturated heterocycles. The Bertz CT molecular complexity index is 1330. The lowest BCUT2D eigenvalue weighted by Crippen LogP contribution is -2.31. The summed E-state index contributed by atoms with van der Waals surface area (Å²) < 4.78 is 6.32. The second kappa shape index (κ2) is 8.22. The minimum atomic E-state index is -0.326. The molecule has 2 aromatic heterocycles. The highest BCUT2D eigenvalue weighted by Gasteiger charge is 2.31. The lowest BCUT2D eigenvalue weighted by molar-refractivity contribution is -0.121. The largest absolute Gasteiger partial charge is 0.467 e. The third-order valence-electron chi connectivity index (χ3n) is 5.11. The number of hydrogen-bond donors (Lipinski definition) is 0. The third kappa shape index (κ3) is 3.79. The Morgan fingerprint density at radius 1 is 1.09 bits per heavy atom. The van der Waals surface area contributed by atoms with Gasteiger partial charge in [0.2, 0.25) is 11.8 Å². The number of hydrogen-bond acceptors (Lipinski definition) is 6. The van der Waals surface area contributed by atoms with Crippen molar-refractivity contribution in [2.24, 2.45) is 0 Å². The van der Waals surface area contributed by atoms with Gasteiger partial charge in [0, 0.05) is 23.4 Å². The number of amides is 3. The SMILES string of the molecule is O=C(c1cccc(N2C(=O)CCC2=O)c1)N(Cc1ccco1)c1nc2ccc(Cl)cc2s1. The maximum absolute atomic E-state index is 13.6. The van der Waals surface area contributed by atoms with E-state index < -0.39 is 0 Å². The highest BCUT2D eigenvalue weighted by molar-refractivity contribution is 7.22. The highest BCUT2D eigenvalue weighted by atomic mass is 35.5. The molecule has 0 bridgehead atoms. The molecule has 160 valence electrons. The van der Waals surface area contributed by atoms with Crippen molar-refractivity contribution in [3.8, 4) is 0 Å². The van der Waals surface area contributed by atoms with Gasteiger partial charge in [0.1, 0.15) is 5.76 Å². The molecule has 1 aliphatic rings. The Morgan fingerprint density at radius 3 is 2.66 bits per heavy atom. The zero-order chi connectivity index (χ0) is 22.2. The first-order valence-corrected chi connectivity index (χ1v) is 11.1. The molecule has 7 nitrogen and oxygen atoms in total. The number of nitrogens with zero attached hydrogens (tertiary/aromatic N) is 3. The van der Waals surface area contributed by atoms with Crippen LogP contribution in [-0.4, -0.2) is 22.7 Å². The van der Waals surface area contributed by atoms with Crippen molar-refractivity contribution in [1.29, 1.82) is 0 Å². The van der Waals surface area contributed by atoms with Gasteiger partial charge in [0.05, 0.1) is 28.7 Å². The molecule has 4 aromatic rings. The van der Waals surface area contributed by atoms with E-state index in [9.17, 15) is 14.4 Å². The molecule has 0 N–H and O–H groups in total. The van der Waals surface area contributed by atoms with Crippen LogP contribution in [0.25, 0.3) is 10.2 Å². The number of imide groups is 1. The van der Waals surface area contributed by atoms with Crippen LogP contribution in [0.2, 0.25) is 5.02 Å². The number of fused-ring (bicyclic) bond motifs is 1. The summed E-state index contributed by atoms with van der Waals surface area (Å²) in [5.41, 5.74) is 1.45. The molecule has 0 saturated carbocycles. The van der Waals surface area contributed by atoms with Crippen molar-refractivity contribution in [3.63, 3.8) is 0 Å². The van der Waals surface area contributed by atoms with Crippen LogP contribution in [-0.2, 0) is 16.1 Å². The highest BCUT2D eigenvalue weighted by Crippen LogP contribution is 2.33. The maximum atomic E-state index is 13.6. The third-order valence-corrected chi connectivity index (χ3v) is 6.39. The zero-order valence-corrected chi connectivity index (χ0v) is 18.2. The summed E-state index contributed by atoms with van der Waals surface area (Å²) in [6, 6.07) is 15.4. The number of anilines is 2. The normalized spacial score (nSPS) is 13.8. The van der Waals surface area contributed by atoms with E-state index in [1.165, 1.54) is 16.2 Å². The van der Waals surface area contributed by atoms with E-state index >= 15 is 0 Å². The average Bonchev–Trinajstić information content (AvgIpc) is 3.52. The minimum Gasteiger partial charge on any atom is -0.467 e. The van der Waals surface area contributed by atoms with Gasteiger partial charge < -0.3 is 4.42 Å². The van der Waals surface area contributed by atoms with Crippen molar-refractivity contribution in [3.05, 3.63) is 77.2 Å². The summed E-state index contributed by atoms with van der Waals surface area (Å²) in [6.45, 7) is 0.172. The Balaban J connectivity index is 1.54. The molecule has 5 rings (SSSR count). The van der Waals surface area contributed by atoms with Gasteiger partial charge in [0.15, 0.2) is 5.13 Å². The minimum absolute atomic E-state index is 0.172. The molecule has 1 fully saturated rings. The Morgan fingerprint density at radius 2 is 1.91 bits per heavy atom. The Labute approximate surface area is 191 Å². The molecule has 2 aromatic carbocycles. The number of furan rings is 1. The van der Waals surface area contributed by atoms with Crippen LogP contribution < -0.4 is 9.80 Å². The van der Waals surface area contributed by atoms with Gasteiger partial charge in [-0.15, -0.1) is 0 Å². The van der Waals surface area contributed by atoms with Crippen molar-refractivity contribution >= 4 is 61.7 Å². The lowest BCUT2D eigenvalue weighted by atomic mass is 10.1. The number of rotatable bonds is 5. The van der Waals surface area contributed by atoms with E-state index in [-0.39, 0.29) is 37.1 Å². The molecular weight excluding hydrogens is 450 g/mol. The Hall–Kier alpha value is -3.49. The van der Waals surface area contributed by atoms with E-state index in [1.807, 2.05) is 0 Å². The predicted octanol–water partition coefficient (Wildman–Crippen LogP) is 5.04. The predicted molar refractivity (Wildman–Crippen MR) is 122 cm³/mol. The number of carbonyl (C=O) groups excluding carboxylic acids is 3. The van der Waals surface area contributed by atoms with E-state index in [2.05, 4.69) is 4.98 Å². The fraction of sp³-hybridized carbons (Fsp3) is 0.130. The van der Waals surface area contributed by atoms with Crippen molar-refractivity contribution in [1.82, 2.24) is 4.98 Å². The monoisotopic (exact) mass is 465 g/mol. The fourth-order valence-corrected chi connectivity index (χ4v) is 4.82.